The lowest BCUT2D eigenvalue weighted by Gasteiger charge is -2.45. The number of halogens is 1. The molecule has 1 fully saturated rings. The molecule has 0 radical (unpaired) electrons. The van der Waals surface area contributed by atoms with Crippen molar-refractivity contribution in [1.29, 1.82) is 0 Å². The Morgan fingerprint density at radius 1 is 1.35 bits per heavy atom. The summed E-state index contributed by atoms with van der Waals surface area (Å²) in [7, 11) is 1.83. The van der Waals surface area contributed by atoms with E-state index in [0.717, 1.165) is 12.4 Å². The Morgan fingerprint density at radius 2 is 2.06 bits per heavy atom. The second-order valence-corrected chi connectivity index (χ2v) is 5.14. The van der Waals surface area contributed by atoms with Crippen molar-refractivity contribution in [3.8, 4) is 0 Å². The molecule has 17 heavy (non-hydrogen) atoms. The van der Waals surface area contributed by atoms with Gasteiger partial charge in [-0.15, -0.1) is 0 Å². The zero-order valence-electron chi connectivity index (χ0n) is 10.3. The van der Waals surface area contributed by atoms with E-state index in [4.69, 9.17) is 11.6 Å². The minimum absolute atomic E-state index is 0.102. The molecule has 4 nitrogen and oxygen atoms in total. The summed E-state index contributed by atoms with van der Waals surface area (Å²) in [5.74, 6) is 0.856. The highest BCUT2D eigenvalue weighted by Crippen LogP contribution is 2.27. The molecule has 1 saturated heterocycles. The summed E-state index contributed by atoms with van der Waals surface area (Å²) in [4.78, 5) is 20.2. The summed E-state index contributed by atoms with van der Waals surface area (Å²) in [6.07, 6.45) is 0. The van der Waals surface area contributed by atoms with Crippen LogP contribution in [0.25, 0.3) is 0 Å². The predicted octanol–water partition coefficient (Wildman–Crippen LogP) is 1.79. The Hall–Kier alpha value is -1.29. The molecule has 2 rings (SSSR count). The Balaban J connectivity index is 2.36. The molecular weight excluding hydrogens is 238 g/mol. The summed E-state index contributed by atoms with van der Waals surface area (Å²) in [6.45, 7) is 5.29. The van der Waals surface area contributed by atoms with E-state index in [1.807, 2.05) is 37.9 Å². The third-order valence-electron chi connectivity index (χ3n) is 3.18. The van der Waals surface area contributed by atoms with Crippen LogP contribution in [0.2, 0.25) is 5.15 Å². The van der Waals surface area contributed by atoms with Gasteiger partial charge < -0.3 is 9.80 Å². The monoisotopic (exact) mass is 253 g/mol. The van der Waals surface area contributed by atoms with Crippen LogP contribution < -0.4 is 4.90 Å². The average Bonchev–Trinajstić information content (AvgIpc) is 2.26. The third kappa shape index (κ3) is 2.09. The number of piperazine rings is 1. The SMILES string of the molecule is CN1CCN(c2cccc(Cl)n2)C(C)(C)C1=O. The summed E-state index contributed by atoms with van der Waals surface area (Å²) >= 11 is 5.89. The van der Waals surface area contributed by atoms with Crippen LogP contribution in [0.1, 0.15) is 13.8 Å². The highest BCUT2D eigenvalue weighted by molar-refractivity contribution is 6.29. The van der Waals surface area contributed by atoms with E-state index in [9.17, 15) is 4.79 Å². The van der Waals surface area contributed by atoms with E-state index in [1.54, 1.807) is 11.0 Å². The van der Waals surface area contributed by atoms with E-state index < -0.39 is 5.54 Å². The molecule has 0 bridgehead atoms. The van der Waals surface area contributed by atoms with Crippen LogP contribution >= 0.6 is 11.6 Å². The Labute approximate surface area is 106 Å². The molecule has 0 unspecified atom stereocenters. The summed E-state index contributed by atoms with van der Waals surface area (Å²) < 4.78 is 0. The van der Waals surface area contributed by atoms with E-state index in [2.05, 4.69) is 4.98 Å². The van der Waals surface area contributed by atoms with Crippen molar-refractivity contribution in [3.63, 3.8) is 0 Å². The zero-order valence-corrected chi connectivity index (χ0v) is 11.0. The molecular formula is C12H16ClN3O. The fourth-order valence-corrected chi connectivity index (χ4v) is 2.32. The molecule has 0 atom stereocenters. The normalized spacial score (nSPS) is 19.6. The van der Waals surface area contributed by atoms with Gasteiger partial charge in [-0.25, -0.2) is 4.98 Å². The fraction of sp³-hybridized carbons (Fsp3) is 0.500. The molecule has 0 saturated carbocycles. The molecule has 1 aliphatic heterocycles. The molecule has 2 heterocycles. The van der Waals surface area contributed by atoms with Crippen LogP contribution in [-0.4, -0.2) is 41.5 Å². The minimum atomic E-state index is -0.579. The van der Waals surface area contributed by atoms with Gasteiger partial charge in [0, 0.05) is 20.1 Å². The lowest BCUT2D eigenvalue weighted by atomic mass is 9.98. The molecule has 0 N–H and O–H groups in total. The second-order valence-electron chi connectivity index (χ2n) is 4.76. The van der Waals surface area contributed by atoms with Crippen LogP contribution in [0.4, 0.5) is 5.82 Å². The first-order valence-electron chi connectivity index (χ1n) is 5.58. The quantitative estimate of drug-likeness (QED) is 0.716. The molecule has 1 aromatic heterocycles. The topological polar surface area (TPSA) is 36.4 Å². The van der Waals surface area contributed by atoms with Gasteiger partial charge in [0.2, 0.25) is 5.91 Å². The van der Waals surface area contributed by atoms with Gasteiger partial charge in [0.15, 0.2) is 0 Å². The second kappa shape index (κ2) is 4.18. The van der Waals surface area contributed by atoms with Gasteiger partial charge in [-0.05, 0) is 26.0 Å². The molecule has 1 aromatic rings. The van der Waals surface area contributed by atoms with Gasteiger partial charge in [-0.3, -0.25) is 4.79 Å². The van der Waals surface area contributed by atoms with E-state index in [-0.39, 0.29) is 5.91 Å². The lowest BCUT2D eigenvalue weighted by molar-refractivity contribution is -0.136. The van der Waals surface area contributed by atoms with Crippen LogP contribution in [0, 0.1) is 0 Å². The number of hydrogen-bond donors (Lipinski definition) is 0. The molecule has 0 aliphatic carbocycles. The van der Waals surface area contributed by atoms with Gasteiger partial charge in [-0.1, -0.05) is 17.7 Å². The number of carbonyl (C=O) groups is 1. The predicted molar refractivity (Wildman–Crippen MR) is 68.3 cm³/mol. The molecule has 5 heteroatoms. The van der Waals surface area contributed by atoms with Crippen molar-refractivity contribution in [2.75, 3.05) is 25.0 Å². The average molecular weight is 254 g/mol. The molecule has 1 aliphatic rings. The standard InChI is InChI=1S/C12H16ClN3O/c1-12(2)11(17)15(3)7-8-16(12)10-6-4-5-9(13)14-10/h4-6H,7-8H2,1-3H3. The summed E-state index contributed by atoms with van der Waals surface area (Å²) in [6, 6.07) is 5.46. The minimum Gasteiger partial charge on any atom is -0.342 e. The number of rotatable bonds is 1. The Morgan fingerprint density at radius 3 is 2.71 bits per heavy atom. The lowest BCUT2D eigenvalue weighted by Crippen LogP contribution is -2.62. The maximum atomic E-state index is 12.1. The number of pyridine rings is 1. The van der Waals surface area contributed by atoms with Gasteiger partial charge in [0.25, 0.3) is 0 Å². The van der Waals surface area contributed by atoms with Crippen molar-refractivity contribution >= 4 is 23.3 Å². The number of hydrogen-bond acceptors (Lipinski definition) is 3. The smallest absolute Gasteiger partial charge is 0.247 e. The van der Waals surface area contributed by atoms with Gasteiger partial charge >= 0.3 is 0 Å². The summed E-state index contributed by atoms with van der Waals surface area (Å²) in [5.41, 5.74) is -0.579. The largest absolute Gasteiger partial charge is 0.342 e. The van der Waals surface area contributed by atoms with Crippen LogP contribution in [-0.2, 0) is 4.79 Å². The first-order valence-corrected chi connectivity index (χ1v) is 5.96. The zero-order chi connectivity index (χ0) is 12.6. The highest BCUT2D eigenvalue weighted by Gasteiger charge is 2.41. The van der Waals surface area contributed by atoms with Gasteiger partial charge in [0.05, 0.1) is 0 Å². The number of anilines is 1. The maximum absolute atomic E-state index is 12.1. The fourth-order valence-electron chi connectivity index (χ4n) is 2.16. The van der Waals surface area contributed by atoms with E-state index in [0.29, 0.717) is 11.7 Å². The van der Waals surface area contributed by atoms with E-state index in [1.165, 1.54) is 0 Å². The van der Waals surface area contributed by atoms with Crippen molar-refractivity contribution in [2.24, 2.45) is 0 Å². The van der Waals surface area contributed by atoms with Crippen molar-refractivity contribution < 1.29 is 4.79 Å². The number of likely N-dealkylation sites (N-methyl/N-ethyl adjacent to an activating group) is 1. The van der Waals surface area contributed by atoms with Crippen LogP contribution in [0.3, 0.4) is 0 Å². The molecule has 1 amide bonds. The molecule has 0 spiro atoms. The van der Waals surface area contributed by atoms with Gasteiger partial charge in [-0.2, -0.15) is 0 Å². The first kappa shape index (κ1) is 12.2. The van der Waals surface area contributed by atoms with Crippen molar-refractivity contribution in [2.45, 2.75) is 19.4 Å². The third-order valence-corrected chi connectivity index (χ3v) is 3.39. The Bertz CT molecular complexity index is 447. The number of amides is 1. The van der Waals surface area contributed by atoms with Crippen LogP contribution in [0.5, 0.6) is 0 Å². The Kier molecular flexibility index (Phi) is 3.00. The van der Waals surface area contributed by atoms with Crippen LogP contribution in [0.15, 0.2) is 18.2 Å². The molecule has 0 aromatic carbocycles. The number of aromatic nitrogens is 1. The van der Waals surface area contributed by atoms with Crippen molar-refractivity contribution in [1.82, 2.24) is 9.88 Å². The van der Waals surface area contributed by atoms with Gasteiger partial charge in [0.1, 0.15) is 16.5 Å². The first-order chi connectivity index (χ1) is 7.93. The molecule has 92 valence electrons. The van der Waals surface area contributed by atoms with E-state index >= 15 is 0 Å². The maximum Gasteiger partial charge on any atom is 0.247 e. The highest BCUT2D eigenvalue weighted by atomic mass is 35.5. The number of nitrogens with zero attached hydrogens (tertiary/aromatic N) is 3. The van der Waals surface area contributed by atoms with Crippen molar-refractivity contribution in [3.05, 3.63) is 23.4 Å². The number of carbonyl (C=O) groups excluding carboxylic acids is 1. The summed E-state index contributed by atoms with van der Waals surface area (Å²) in [5, 5.41) is 0.449.